The predicted octanol–water partition coefficient (Wildman–Crippen LogP) is 2.50. The number of hydrogen-bond acceptors (Lipinski definition) is 4. The van der Waals surface area contributed by atoms with Gasteiger partial charge in [0.15, 0.2) is 0 Å². The monoisotopic (exact) mass is 276 g/mol. The minimum Gasteiger partial charge on any atom is -0.383 e. The highest BCUT2D eigenvalue weighted by Gasteiger charge is 2.42. The van der Waals surface area contributed by atoms with E-state index in [-0.39, 0.29) is 11.6 Å². The maximum atomic E-state index is 6.16. The minimum absolute atomic E-state index is 0.136. The Balaban J connectivity index is 2.45. The molecule has 1 saturated carbocycles. The van der Waals surface area contributed by atoms with Crippen LogP contribution < -0.4 is 11.1 Å². The van der Waals surface area contributed by atoms with Crippen LogP contribution in [-0.4, -0.2) is 36.6 Å². The Kier molecular flexibility index (Phi) is 4.66. The average molecular weight is 276 g/mol. The summed E-state index contributed by atoms with van der Waals surface area (Å²) in [5.74, 6) is 0.654. The first-order valence-electron chi connectivity index (χ1n) is 7.58. The number of aryl methyl sites for hydroxylation is 1. The lowest BCUT2D eigenvalue weighted by Gasteiger charge is -2.48. The zero-order chi connectivity index (χ0) is 14.8. The topological polar surface area (TPSA) is 54.2 Å². The van der Waals surface area contributed by atoms with E-state index >= 15 is 0 Å². The number of anilines is 1. The van der Waals surface area contributed by atoms with Gasteiger partial charge in [0.2, 0.25) is 0 Å². The molecule has 1 aromatic rings. The third-order valence-electron chi connectivity index (χ3n) is 4.83. The second-order valence-electron chi connectivity index (χ2n) is 6.27. The van der Waals surface area contributed by atoms with E-state index in [9.17, 15) is 0 Å². The summed E-state index contributed by atoms with van der Waals surface area (Å²) in [7, 11) is 6.41. The van der Waals surface area contributed by atoms with Crippen LogP contribution in [0.4, 0.5) is 5.82 Å². The summed E-state index contributed by atoms with van der Waals surface area (Å²) in [6.45, 7) is 2.08. The van der Waals surface area contributed by atoms with Crippen molar-refractivity contribution in [3.05, 3.63) is 23.4 Å². The Morgan fingerprint density at radius 3 is 2.50 bits per heavy atom. The molecule has 1 atom stereocenters. The first-order chi connectivity index (χ1) is 9.51. The Hall–Kier alpha value is -1.13. The van der Waals surface area contributed by atoms with Gasteiger partial charge >= 0.3 is 0 Å². The van der Waals surface area contributed by atoms with Gasteiger partial charge in [0, 0.05) is 17.3 Å². The van der Waals surface area contributed by atoms with Crippen molar-refractivity contribution in [1.29, 1.82) is 0 Å². The number of rotatable bonds is 4. The van der Waals surface area contributed by atoms with Crippen LogP contribution in [0.3, 0.4) is 0 Å². The van der Waals surface area contributed by atoms with Crippen LogP contribution in [0.25, 0.3) is 0 Å². The van der Waals surface area contributed by atoms with Crippen molar-refractivity contribution >= 4 is 5.82 Å². The number of aromatic nitrogens is 1. The van der Waals surface area contributed by atoms with E-state index < -0.39 is 0 Å². The van der Waals surface area contributed by atoms with Gasteiger partial charge in [0.25, 0.3) is 0 Å². The molecule has 1 fully saturated rings. The molecule has 4 nitrogen and oxygen atoms in total. The number of nitrogens with zero attached hydrogens (tertiary/aromatic N) is 2. The van der Waals surface area contributed by atoms with Gasteiger partial charge < -0.3 is 16.0 Å². The van der Waals surface area contributed by atoms with E-state index in [1.165, 1.54) is 37.7 Å². The SMILES string of the molecule is CNC(c1cc(C)cnc1N)C1(N(C)C)CCCCC1. The summed E-state index contributed by atoms with van der Waals surface area (Å²) in [5, 5.41) is 3.52. The van der Waals surface area contributed by atoms with Crippen LogP contribution in [-0.2, 0) is 0 Å². The van der Waals surface area contributed by atoms with Crippen molar-refractivity contribution in [2.45, 2.75) is 50.6 Å². The molecular formula is C16H28N4. The van der Waals surface area contributed by atoms with Gasteiger partial charge in [0.05, 0.1) is 6.04 Å². The van der Waals surface area contributed by atoms with Crippen molar-refractivity contribution in [1.82, 2.24) is 15.2 Å². The Labute approximate surface area is 122 Å². The molecule has 2 rings (SSSR count). The number of pyridine rings is 1. The molecule has 1 aliphatic rings. The molecule has 20 heavy (non-hydrogen) atoms. The van der Waals surface area contributed by atoms with Gasteiger partial charge in [-0.25, -0.2) is 4.98 Å². The summed E-state index contributed by atoms with van der Waals surface area (Å²) in [5.41, 5.74) is 8.61. The fraction of sp³-hybridized carbons (Fsp3) is 0.688. The second-order valence-corrected chi connectivity index (χ2v) is 6.27. The van der Waals surface area contributed by atoms with Gasteiger partial charge in [-0.1, -0.05) is 19.3 Å². The van der Waals surface area contributed by atoms with E-state index in [1.807, 2.05) is 13.2 Å². The number of nitrogen functional groups attached to an aromatic ring is 1. The summed E-state index contributed by atoms with van der Waals surface area (Å²) in [6.07, 6.45) is 8.17. The van der Waals surface area contributed by atoms with Crippen LogP contribution in [0.5, 0.6) is 0 Å². The molecule has 4 heteroatoms. The molecule has 1 aromatic heterocycles. The molecule has 0 bridgehead atoms. The fourth-order valence-corrected chi connectivity index (χ4v) is 3.71. The molecule has 1 aliphatic carbocycles. The van der Waals surface area contributed by atoms with Crippen LogP contribution in [0.1, 0.15) is 49.3 Å². The van der Waals surface area contributed by atoms with Crippen molar-refractivity contribution in [2.75, 3.05) is 26.9 Å². The van der Waals surface area contributed by atoms with E-state index in [0.29, 0.717) is 5.82 Å². The zero-order valence-corrected chi connectivity index (χ0v) is 13.2. The van der Waals surface area contributed by atoms with E-state index in [0.717, 1.165) is 5.56 Å². The minimum atomic E-state index is 0.136. The van der Waals surface area contributed by atoms with Crippen LogP contribution in [0.2, 0.25) is 0 Å². The van der Waals surface area contributed by atoms with E-state index in [1.54, 1.807) is 0 Å². The maximum absolute atomic E-state index is 6.16. The van der Waals surface area contributed by atoms with Crippen molar-refractivity contribution < 1.29 is 0 Å². The normalized spacial score (nSPS) is 20.1. The molecular weight excluding hydrogens is 248 g/mol. The lowest BCUT2D eigenvalue weighted by molar-refractivity contribution is 0.0595. The lowest BCUT2D eigenvalue weighted by atomic mass is 9.73. The smallest absolute Gasteiger partial charge is 0.128 e. The molecule has 0 aliphatic heterocycles. The van der Waals surface area contributed by atoms with Crippen LogP contribution in [0, 0.1) is 6.92 Å². The zero-order valence-electron chi connectivity index (χ0n) is 13.2. The molecule has 1 heterocycles. The van der Waals surface area contributed by atoms with Gasteiger partial charge in [-0.05, 0) is 52.5 Å². The fourth-order valence-electron chi connectivity index (χ4n) is 3.71. The molecule has 0 spiro atoms. The number of nitrogens with one attached hydrogen (secondary N) is 1. The Morgan fingerprint density at radius 2 is 1.95 bits per heavy atom. The second kappa shape index (κ2) is 6.10. The summed E-state index contributed by atoms with van der Waals surface area (Å²) >= 11 is 0. The first-order valence-corrected chi connectivity index (χ1v) is 7.58. The average Bonchev–Trinajstić information content (AvgIpc) is 2.44. The Bertz CT molecular complexity index is 450. The van der Waals surface area contributed by atoms with Crippen molar-refractivity contribution in [2.24, 2.45) is 0 Å². The van der Waals surface area contributed by atoms with Crippen LogP contribution in [0.15, 0.2) is 12.3 Å². The van der Waals surface area contributed by atoms with E-state index in [2.05, 4.69) is 42.3 Å². The highest BCUT2D eigenvalue weighted by molar-refractivity contribution is 5.44. The van der Waals surface area contributed by atoms with Gasteiger partial charge in [-0.15, -0.1) is 0 Å². The summed E-state index contributed by atoms with van der Waals surface area (Å²) in [6, 6.07) is 2.41. The molecule has 0 saturated heterocycles. The third-order valence-corrected chi connectivity index (χ3v) is 4.83. The summed E-state index contributed by atoms with van der Waals surface area (Å²) < 4.78 is 0. The quantitative estimate of drug-likeness (QED) is 0.887. The lowest BCUT2D eigenvalue weighted by Crippen LogP contribution is -2.54. The van der Waals surface area contributed by atoms with Crippen molar-refractivity contribution in [3.8, 4) is 0 Å². The van der Waals surface area contributed by atoms with Crippen LogP contribution >= 0.6 is 0 Å². The molecule has 0 aromatic carbocycles. The number of hydrogen-bond donors (Lipinski definition) is 2. The maximum Gasteiger partial charge on any atom is 0.128 e. The third kappa shape index (κ3) is 2.67. The molecule has 112 valence electrons. The standard InChI is InChI=1S/C16H28N4/c1-12-10-13(15(17)19-11-12)14(18-2)16(20(3)4)8-6-5-7-9-16/h10-11,14,18H,5-9H2,1-4H3,(H2,17,19). The highest BCUT2D eigenvalue weighted by Crippen LogP contribution is 2.42. The highest BCUT2D eigenvalue weighted by atomic mass is 15.2. The number of likely N-dealkylation sites (N-methyl/N-ethyl adjacent to an activating group) is 2. The van der Waals surface area contributed by atoms with Gasteiger partial charge in [0.1, 0.15) is 5.82 Å². The van der Waals surface area contributed by atoms with E-state index in [4.69, 9.17) is 5.73 Å². The first kappa shape index (κ1) is 15.3. The number of nitrogens with two attached hydrogens (primary N) is 1. The molecule has 0 radical (unpaired) electrons. The molecule has 1 unspecified atom stereocenters. The van der Waals surface area contributed by atoms with Gasteiger partial charge in [-0.3, -0.25) is 0 Å². The summed E-state index contributed by atoms with van der Waals surface area (Å²) in [4.78, 5) is 6.74. The largest absolute Gasteiger partial charge is 0.383 e. The van der Waals surface area contributed by atoms with Crippen molar-refractivity contribution in [3.63, 3.8) is 0 Å². The predicted molar refractivity (Wildman–Crippen MR) is 84.7 cm³/mol. The molecule has 3 N–H and O–H groups in total. The molecule has 0 amide bonds. The van der Waals surface area contributed by atoms with Gasteiger partial charge in [-0.2, -0.15) is 0 Å². The Morgan fingerprint density at radius 1 is 1.30 bits per heavy atom.